The van der Waals surface area contributed by atoms with Crippen molar-refractivity contribution in [1.29, 1.82) is 0 Å². The summed E-state index contributed by atoms with van der Waals surface area (Å²) in [6.45, 7) is 9.46. The Kier molecular flexibility index (Phi) is 7.15. The summed E-state index contributed by atoms with van der Waals surface area (Å²) < 4.78 is 13.0. The molecule has 0 unspecified atom stereocenters. The molecule has 0 spiro atoms. The van der Waals surface area contributed by atoms with Gasteiger partial charge in [-0.15, -0.1) is 0 Å². The molecule has 118 valence electrons. The second-order valence-electron chi connectivity index (χ2n) is 5.68. The lowest BCUT2D eigenvalue weighted by Crippen LogP contribution is -2.29. The van der Waals surface area contributed by atoms with Crippen molar-refractivity contribution in [3.05, 3.63) is 24.0 Å². The monoisotopic (exact) mass is 295 g/mol. The van der Waals surface area contributed by atoms with Gasteiger partial charge in [-0.1, -0.05) is 20.8 Å². The third-order valence-electron chi connectivity index (χ3n) is 3.23. The number of anilines is 2. The lowest BCUT2D eigenvalue weighted by atomic mass is 10.2. The van der Waals surface area contributed by atoms with Crippen LogP contribution in [0.5, 0.6) is 0 Å². The van der Waals surface area contributed by atoms with E-state index in [0.717, 1.165) is 26.1 Å². The van der Waals surface area contributed by atoms with E-state index in [9.17, 15) is 9.18 Å². The Hall–Kier alpha value is -1.62. The van der Waals surface area contributed by atoms with E-state index in [0.29, 0.717) is 18.0 Å². The number of hydrogen-bond acceptors (Lipinski definition) is 3. The molecule has 21 heavy (non-hydrogen) atoms. The second kappa shape index (κ2) is 8.62. The van der Waals surface area contributed by atoms with E-state index in [2.05, 4.69) is 31.0 Å². The first kappa shape index (κ1) is 17.4. The van der Waals surface area contributed by atoms with Crippen LogP contribution in [-0.2, 0) is 4.79 Å². The zero-order chi connectivity index (χ0) is 15.8. The highest BCUT2D eigenvalue weighted by Gasteiger charge is 2.08. The van der Waals surface area contributed by atoms with Gasteiger partial charge in [-0.25, -0.2) is 4.39 Å². The summed E-state index contributed by atoms with van der Waals surface area (Å²) >= 11 is 0. The minimum Gasteiger partial charge on any atom is -0.396 e. The van der Waals surface area contributed by atoms with Gasteiger partial charge in [0.2, 0.25) is 5.91 Å². The Balaban J connectivity index is 2.35. The van der Waals surface area contributed by atoms with Crippen LogP contribution in [-0.4, -0.2) is 30.4 Å². The van der Waals surface area contributed by atoms with Crippen molar-refractivity contribution in [1.82, 2.24) is 4.90 Å². The summed E-state index contributed by atoms with van der Waals surface area (Å²) in [5, 5.41) is 2.74. The second-order valence-corrected chi connectivity index (χ2v) is 5.68. The van der Waals surface area contributed by atoms with Crippen LogP contribution < -0.4 is 11.1 Å². The third-order valence-corrected chi connectivity index (χ3v) is 3.23. The van der Waals surface area contributed by atoms with Gasteiger partial charge >= 0.3 is 0 Å². The highest BCUT2D eigenvalue weighted by molar-refractivity contribution is 5.91. The zero-order valence-electron chi connectivity index (χ0n) is 13.2. The number of benzene rings is 1. The number of nitrogens with two attached hydrogens (primary N) is 1. The molecule has 3 N–H and O–H groups in total. The Morgan fingerprint density at radius 2 is 2.14 bits per heavy atom. The van der Waals surface area contributed by atoms with Crippen LogP contribution in [0.3, 0.4) is 0 Å². The van der Waals surface area contributed by atoms with E-state index in [1.807, 2.05) is 0 Å². The molecule has 0 bridgehead atoms. The van der Waals surface area contributed by atoms with Crippen molar-refractivity contribution in [2.24, 2.45) is 5.92 Å². The van der Waals surface area contributed by atoms with Crippen LogP contribution in [0.1, 0.15) is 33.6 Å². The van der Waals surface area contributed by atoms with Crippen LogP contribution in [0.15, 0.2) is 18.2 Å². The Labute approximate surface area is 126 Å². The van der Waals surface area contributed by atoms with Gasteiger partial charge in [0.25, 0.3) is 0 Å². The molecular formula is C16H26FN3O. The van der Waals surface area contributed by atoms with Gasteiger partial charge in [0.05, 0.1) is 5.69 Å². The smallest absolute Gasteiger partial charge is 0.224 e. The summed E-state index contributed by atoms with van der Waals surface area (Å²) in [5.41, 5.74) is 6.05. The van der Waals surface area contributed by atoms with Crippen molar-refractivity contribution >= 4 is 17.3 Å². The van der Waals surface area contributed by atoms with Crippen molar-refractivity contribution < 1.29 is 9.18 Å². The van der Waals surface area contributed by atoms with Gasteiger partial charge in [0.1, 0.15) is 5.82 Å². The maximum Gasteiger partial charge on any atom is 0.224 e. The van der Waals surface area contributed by atoms with Crippen molar-refractivity contribution in [3.8, 4) is 0 Å². The summed E-state index contributed by atoms with van der Waals surface area (Å²) in [6.07, 6.45) is 1.26. The molecule has 0 saturated heterocycles. The van der Waals surface area contributed by atoms with Gasteiger partial charge in [-0.2, -0.15) is 0 Å². The van der Waals surface area contributed by atoms with Crippen LogP contribution in [0, 0.1) is 11.7 Å². The number of nitrogens with one attached hydrogen (secondary N) is 1. The number of nitrogen functional groups attached to an aromatic ring is 1. The maximum atomic E-state index is 13.0. The third kappa shape index (κ3) is 6.58. The quantitative estimate of drug-likeness (QED) is 0.725. The molecule has 5 heteroatoms. The van der Waals surface area contributed by atoms with Crippen molar-refractivity contribution in [2.75, 3.05) is 30.7 Å². The molecule has 1 rings (SSSR count). The average molecular weight is 295 g/mol. The molecule has 0 heterocycles. The number of rotatable bonds is 8. The molecule has 1 aromatic carbocycles. The average Bonchev–Trinajstić information content (AvgIpc) is 2.41. The fourth-order valence-electron chi connectivity index (χ4n) is 2.20. The molecule has 1 aromatic rings. The number of halogens is 1. The lowest BCUT2D eigenvalue weighted by Gasteiger charge is -2.22. The molecule has 0 aliphatic heterocycles. The van der Waals surface area contributed by atoms with Crippen molar-refractivity contribution in [2.45, 2.75) is 33.6 Å². The van der Waals surface area contributed by atoms with E-state index in [4.69, 9.17) is 5.73 Å². The Morgan fingerprint density at radius 3 is 2.71 bits per heavy atom. The van der Waals surface area contributed by atoms with Gasteiger partial charge in [-0.3, -0.25) is 4.79 Å². The molecule has 0 atom stereocenters. The maximum absolute atomic E-state index is 13.0. The first-order valence-corrected chi connectivity index (χ1v) is 7.49. The fourth-order valence-corrected chi connectivity index (χ4v) is 2.20. The van der Waals surface area contributed by atoms with Crippen LogP contribution in [0.2, 0.25) is 0 Å². The standard InChI is InChI=1S/C16H26FN3O/c1-4-20(11-12(2)3)9-5-6-16(21)19-13-7-8-14(17)15(18)10-13/h7-8,10,12H,4-6,9,11,18H2,1-3H3,(H,19,21). The van der Waals surface area contributed by atoms with E-state index < -0.39 is 5.82 Å². The first-order valence-electron chi connectivity index (χ1n) is 7.49. The fraction of sp³-hybridized carbons (Fsp3) is 0.562. The summed E-state index contributed by atoms with van der Waals surface area (Å²) in [7, 11) is 0. The first-order chi connectivity index (χ1) is 9.92. The molecule has 0 aromatic heterocycles. The summed E-state index contributed by atoms with van der Waals surface area (Å²) in [4.78, 5) is 14.2. The van der Waals surface area contributed by atoms with Gasteiger partial charge in [0.15, 0.2) is 0 Å². The molecule has 0 aliphatic carbocycles. The number of carbonyl (C=O) groups is 1. The highest BCUT2D eigenvalue weighted by Crippen LogP contribution is 2.16. The molecule has 1 amide bonds. The Morgan fingerprint density at radius 1 is 1.43 bits per heavy atom. The van der Waals surface area contributed by atoms with Gasteiger partial charge in [0, 0.05) is 18.7 Å². The minimum absolute atomic E-state index is 0.0434. The van der Waals surface area contributed by atoms with Gasteiger partial charge in [-0.05, 0) is 43.6 Å². The lowest BCUT2D eigenvalue weighted by molar-refractivity contribution is -0.116. The van der Waals surface area contributed by atoms with E-state index in [-0.39, 0.29) is 11.6 Å². The van der Waals surface area contributed by atoms with E-state index in [1.54, 1.807) is 0 Å². The SMILES string of the molecule is CCN(CCCC(=O)Nc1ccc(F)c(N)c1)CC(C)C. The minimum atomic E-state index is -0.472. The molecule has 0 radical (unpaired) electrons. The molecule has 0 aliphatic rings. The van der Waals surface area contributed by atoms with Crippen molar-refractivity contribution in [3.63, 3.8) is 0 Å². The van der Waals surface area contributed by atoms with Crippen LogP contribution >= 0.6 is 0 Å². The molecule has 0 fully saturated rings. The normalized spacial score (nSPS) is 11.1. The molecule has 4 nitrogen and oxygen atoms in total. The summed E-state index contributed by atoms with van der Waals surface area (Å²) in [5.74, 6) is 0.0860. The molecule has 0 saturated carbocycles. The zero-order valence-corrected chi connectivity index (χ0v) is 13.2. The number of hydrogen-bond donors (Lipinski definition) is 2. The Bertz CT molecular complexity index is 463. The summed E-state index contributed by atoms with van der Waals surface area (Å²) in [6, 6.07) is 4.21. The van der Waals surface area contributed by atoms with E-state index in [1.165, 1.54) is 18.2 Å². The predicted octanol–water partition coefficient (Wildman–Crippen LogP) is 3.10. The largest absolute Gasteiger partial charge is 0.396 e. The highest BCUT2D eigenvalue weighted by atomic mass is 19.1. The van der Waals surface area contributed by atoms with Crippen LogP contribution in [0.25, 0.3) is 0 Å². The predicted molar refractivity (Wildman–Crippen MR) is 85.6 cm³/mol. The van der Waals surface area contributed by atoms with E-state index >= 15 is 0 Å². The van der Waals surface area contributed by atoms with Gasteiger partial charge < -0.3 is 16.0 Å². The number of nitrogens with zero attached hydrogens (tertiary/aromatic N) is 1. The number of carbonyl (C=O) groups excluding carboxylic acids is 1. The topological polar surface area (TPSA) is 58.4 Å². The van der Waals surface area contributed by atoms with Crippen LogP contribution in [0.4, 0.5) is 15.8 Å². The number of amides is 1. The molecular weight excluding hydrogens is 269 g/mol.